The van der Waals surface area contributed by atoms with Crippen molar-refractivity contribution in [2.45, 2.75) is 6.92 Å². The highest BCUT2D eigenvalue weighted by Crippen LogP contribution is 2.36. The molecule has 11 heteroatoms. The molecule has 0 atom stereocenters. The number of methoxy groups -OCH3 is 1. The van der Waals surface area contributed by atoms with E-state index < -0.39 is 11.8 Å². The Hall–Kier alpha value is -4.25. The lowest BCUT2D eigenvalue weighted by Crippen LogP contribution is -2.19. The van der Waals surface area contributed by atoms with E-state index in [1.54, 1.807) is 36.0 Å². The van der Waals surface area contributed by atoms with E-state index in [1.807, 2.05) is 0 Å². The molecule has 0 saturated carbocycles. The Morgan fingerprint density at radius 1 is 0.970 bits per heavy atom. The molecule has 0 aliphatic carbocycles. The van der Waals surface area contributed by atoms with Gasteiger partial charge in [0, 0.05) is 42.2 Å². The third-order valence-electron chi connectivity index (χ3n) is 4.40. The molecule has 0 fully saturated rings. The second-order valence-electron chi connectivity index (χ2n) is 6.72. The Kier molecular flexibility index (Phi) is 6.31. The van der Waals surface area contributed by atoms with Crippen LogP contribution >= 0.6 is 11.3 Å². The van der Waals surface area contributed by atoms with Crippen molar-refractivity contribution in [1.29, 1.82) is 0 Å². The number of ether oxygens (including phenoxy) is 2. The molecule has 0 unspecified atom stereocenters. The molecule has 2 heterocycles. The number of hydrogen-bond donors (Lipinski definition) is 3. The van der Waals surface area contributed by atoms with Crippen LogP contribution in [0.25, 0.3) is 10.9 Å². The van der Waals surface area contributed by atoms with Gasteiger partial charge in [0.25, 0.3) is 0 Å². The normalized spacial score (nSPS) is 10.5. The van der Waals surface area contributed by atoms with Crippen LogP contribution in [-0.4, -0.2) is 29.0 Å². The summed E-state index contributed by atoms with van der Waals surface area (Å²) >= 11 is 1.24. The number of urea groups is 1. The molecule has 4 aromatic rings. The average molecular weight is 467 g/mol. The lowest BCUT2D eigenvalue weighted by atomic mass is 10.1. The molecule has 0 saturated heterocycles. The van der Waals surface area contributed by atoms with Crippen molar-refractivity contribution in [1.82, 2.24) is 9.97 Å². The summed E-state index contributed by atoms with van der Waals surface area (Å²) in [7, 11) is 1.49. The second kappa shape index (κ2) is 9.49. The number of rotatable bonds is 6. The number of nitrogens with one attached hydrogen (secondary N) is 3. The number of carbonyl (C=O) groups is 2. The van der Waals surface area contributed by atoms with Gasteiger partial charge < -0.3 is 20.1 Å². The van der Waals surface area contributed by atoms with Crippen LogP contribution in [0, 0.1) is 5.82 Å². The highest BCUT2D eigenvalue weighted by atomic mass is 32.1. The summed E-state index contributed by atoms with van der Waals surface area (Å²) in [5.74, 6) is 0.113. The van der Waals surface area contributed by atoms with Gasteiger partial charge in [0.2, 0.25) is 5.91 Å². The fourth-order valence-electron chi connectivity index (χ4n) is 3.02. The maximum atomic E-state index is 14.6. The highest BCUT2D eigenvalue weighted by molar-refractivity contribution is 7.13. The van der Waals surface area contributed by atoms with Crippen molar-refractivity contribution < 1.29 is 23.5 Å². The molecule has 3 amide bonds. The van der Waals surface area contributed by atoms with Crippen molar-refractivity contribution >= 4 is 50.7 Å². The van der Waals surface area contributed by atoms with Crippen molar-refractivity contribution in [2.75, 3.05) is 23.1 Å². The molecule has 9 nitrogen and oxygen atoms in total. The SMILES string of the molecule is COc1cc2nccc(Oc3ccc(NC(=O)Nc4nccs4)c(F)c3)c2cc1NC(C)=O. The first-order chi connectivity index (χ1) is 15.9. The molecule has 168 valence electrons. The van der Waals surface area contributed by atoms with Crippen LogP contribution in [-0.2, 0) is 4.79 Å². The first kappa shape index (κ1) is 22.0. The quantitative estimate of drug-likeness (QED) is 0.358. The summed E-state index contributed by atoms with van der Waals surface area (Å²) in [5.41, 5.74) is 0.997. The van der Waals surface area contributed by atoms with Crippen LogP contribution in [0.4, 0.5) is 25.7 Å². The summed E-state index contributed by atoms with van der Waals surface area (Å²) in [6.45, 7) is 1.39. The fraction of sp³-hybridized carbons (Fsp3) is 0.0909. The third-order valence-corrected chi connectivity index (χ3v) is 5.09. The molecule has 0 spiro atoms. The Morgan fingerprint density at radius 2 is 1.82 bits per heavy atom. The van der Waals surface area contributed by atoms with Gasteiger partial charge in [-0.25, -0.2) is 14.2 Å². The predicted molar refractivity (Wildman–Crippen MR) is 124 cm³/mol. The number of anilines is 3. The molecule has 3 N–H and O–H groups in total. The van der Waals surface area contributed by atoms with Crippen molar-refractivity contribution in [3.8, 4) is 17.2 Å². The summed E-state index contributed by atoms with van der Waals surface area (Å²) in [6.07, 6.45) is 3.09. The summed E-state index contributed by atoms with van der Waals surface area (Å²) in [4.78, 5) is 31.8. The van der Waals surface area contributed by atoms with E-state index in [2.05, 4.69) is 25.9 Å². The largest absolute Gasteiger partial charge is 0.494 e. The Bertz CT molecular complexity index is 1330. The maximum Gasteiger partial charge on any atom is 0.325 e. The number of benzene rings is 2. The van der Waals surface area contributed by atoms with E-state index in [-0.39, 0.29) is 17.3 Å². The predicted octanol–water partition coefficient (Wildman–Crippen LogP) is 5.23. The Balaban J connectivity index is 1.57. The number of carbonyl (C=O) groups excluding carboxylic acids is 2. The van der Waals surface area contributed by atoms with E-state index in [0.717, 1.165) is 6.07 Å². The number of fused-ring (bicyclic) bond motifs is 1. The first-order valence-electron chi connectivity index (χ1n) is 9.62. The summed E-state index contributed by atoms with van der Waals surface area (Å²) in [6, 6.07) is 8.42. The van der Waals surface area contributed by atoms with Crippen molar-refractivity contribution in [2.24, 2.45) is 0 Å². The van der Waals surface area contributed by atoms with Crippen LogP contribution < -0.4 is 25.4 Å². The van der Waals surface area contributed by atoms with E-state index in [4.69, 9.17) is 9.47 Å². The molecule has 2 aromatic carbocycles. The number of thiazole rings is 1. The minimum Gasteiger partial charge on any atom is -0.494 e. The maximum absolute atomic E-state index is 14.6. The number of halogens is 1. The first-order valence-corrected chi connectivity index (χ1v) is 10.5. The van der Waals surface area contributed by atoms with Crippen LogP contribution in [0.2, 0.25) is 0 Å². The van der Waals surface area contributed by atoms with E-state index >= 15 is 0 Å². The minimum absolute atomic E-state index is 0.0197. The van der Waals surface area contributed by atoms with Gasteiger partial charge in [0.05, 0.1) is 24.0 Å². The number of hydrogen-bond acceptors (Lipinski definition) is 7. The van der Waals surface area contributed by atoms with E-state index in [9.17, 15) is 14.0 Å². The van der Waals surface area contributed by atoms with Gasteiger partial charge in [-0.3, -0.25) is 15.1 Å². The monoisotopic (exact) mass is 467 g/mol. The number of amides is 3. The Morgan fingerprint density at radius 3 is 2.52 bits per heavy atom. The molecule has 0 radical (unpaired) electrons. The fourth-order valence-corrected chi connectivity index (χ4v) is 3.54. The molecule has 4 rings (SSSR count). The van der Waals surface area contributed by atoms with Crippen LogP contribution in [0.15, 0.2) is 54.2 Å². The van der Waals surface area contributed by atoms with Gasteiger partial charge in [0.15, 0.2) is 5.13 Å². The number of aromatic nitrogens is 2. The van der Waals surface area contributed by atoms with E-state index in [1.165, 1.54) is 37.5 Å². The zero-order valence-corrected chi connectivity index (χ0v) is 18.3. The zero-order chi connectivity index (χ0) is 23.4. The minimum atomic E-state index is -0.680. The molecular weight excluding hydrogens is 449 g/mol. The average Bonchev–Trinajstić information content (AvgIpc) is 3.28. The van der Waals surface area contributed by atoms with Gasteiger partial charge in [0.1, 0.15) is 23.1 Å². The van der Waals surface area contributed by atoms with Gasteiger partial charge >= 0.3 is 6.03 Å². The topological polar surface area (TPSA) is 114 Å². The Labute approximate surface area is 191 Å². The molecule has 2 aromatic heterocycles. The van der Waals surface area contributed by atoms with Crippen molar-refractivity contribution in [3.63, 3.8) is 0 Å². The van der Waals surface area contributed by atoms with Crippen LogP contribution in [0.5, 0.6) is 17.2 Å². The van der Waals surface area contributed by atoms with Crippen LogP contribution in [0.3, 0.4) is 0 Å². The van der Waals surface area contributed by atoms with Crippen LogP contribution in [0.1, 0.15) is 6.92 Å². The zero-order valence-electron chi connectivity index (χ0n) is 17.5. The molecule has 0 bridgehead atoms. The van der Waals surface area contributed by atoms with Gasteiger partial charge in [-0.1, -0.05) is 0 Å². The summed E-state index contributed by atoms with van der Waals surface area (Å²) < 4.78 is 25.8. The number of pyridine rings is 1. The highest BCUT2D eigenvalue weighted by Gasteiger charge is 2.14. The number of nitrogens with zero attached hydrogens (tertiary/aromatic N) is 2. The van der Waals surface area contributed by atoms with E-state index in [0.29, 0.717) is 33.2 Å². The van der Waals surface area contributed by atoms with Gasteiger partial charge in [-0.05, 0) is 24.3 Å². The third kappa shape index (κ3) is 5.15. The van der Waals surface area contributed by atoms with Gasteiger partial charge in [-0.2, -0.15) is 0 Å². The smallest absolute Gasteiger partial charge is 0.325 e. The standard InChI is InChI=1S/C22H18FN5O4S/c1-12(29)26-18-10-14-17(11-20(18)31-2)24-6-5-19(14)32-13-3-4-16(15(23)9-13)27-21(30)28-22-25-7-8-33-22/h3-11H,1-2H3,(H,26,29)(H2,25,27,28,30). The van der Waals surface area contributed by atoms with Gasteiger partial charge in [-0.15, -0.1) is 11.3 Å². The lowest BCUT2D eigenvalue weighted by Gasteiger charge is -2.14. The molecule has 33 heavy (non-hydrogen) atoms. The second-order valence-corrected chi connectivity index (χ2v) is 7.61. The molecule has 0 aliphatic heterocycles. The van der Waals surface area contributed by atoms with Crippen molar-refractivity contribution in [3.05, 3.63) is 60.0 Å². The summed E-state index contributed by atoms with van der Waals surface area (Å²) in [5, 5.41) is 10.3. The molecule has 0 aliphatic rings. The molecular formula is C22H18FN5O4S. The lowest BCUT2D eigenvalue weighted by molar-refractivity contribution is -0.114.